The van der Waals surface area contributed by atoms with Crippen molar-refractivity contribution >= 4 is 0 Å². The summed E-state index contributed by atoms with van der Waals surface area (Å²) in [6.45, 7) is 6.69. The molecule has 0 spiro atoms. The molecule has 1 saturated heterocycles. The van der Waals surface area contributed by atoms with Crippen molar-refractivity contribution in [1.82, 2.24) is 5.32 Å². The van der Waals surface area contributed by atoms with Crippen molar-refractivity contribution in [3.05, 3.63) is 35.1 Å². The Morgan fingerprint density at radius 2 is 1.78 bits per heavy atom. The maximum Gasteiger partial charge on any atom is 0.194 e. The lowest BCUT2D eigenvalue weighted by Crippen LogP contribution is -2.48. The first kappa shape index (κ1) is 13.4. The molecule has 1 aliphatic rings. The van der Waals surface area contributed by atoms with Gasteiger partial charge in [0.1, 0.15) is 0 Å². The highest BCUT2D eigenvalue weighted by Gasteiger charge is 2.47. The third kappa shape index (κ3) is 1.83. The zero-order valence-electron chi connectivity index (χ0n) is 10.9. The van der Waals surface area contributed by atoms with Gasteiger partial charge in [-0.3, -0.25) is 0 Å². The molecule has 0 bridgehead atoms. The molecule has 0 aromatic heterocycles. The van der Waals surface area contributed by atoms with Gasteiger partial charge in [-0.25, -0.2) is 13.2 Å². The first-order valence-corrected chi connectivity index (χ1v) is 6.18. The molecule has 18 heavy (non-hydrogen) atoms. The van der Waals surface area contributed by atoms with E-state index >= 15 is 0 Å². The van der Waals surface area contributed by atoms with Crippen molar-refractivity contribution in [2.24, 2.45) is 5.41 Å². The van der Waals surface area contributed by atoms with E-state index in [-0.39, 0.29) is 11.0 Å². The number of hydrogen-bond acceptors (Lipinski definition) is 1. The van der Waals surface area contributed by atoms with Crippen LogP contribution in [0.15, 0.2) is 12.1 Å². The molecule has 1 N–H and O–H groups in total. The molecule has 1 fully saturated rings. The molecular formula is C14H18F3N. The van der Waals surface area contributed by atoms with Crippen molar-refractivity contribution < 1.29 is 13.2 Å². The molecule has 1 unspecified atom stereocenters. The lowest BCUT2D eigenvalue weighted by molar-refractivity contribution is 0.153. The summed E-state index contributed by atoms with van der Waals surface area (Å²) >= 11 is 0. The standard InChI is InChI=1S/C14H18F3N/c1-13(2,3)14(7-4-8-18-14)9-5-6-10(15)12(17)11(9)16/h5-6,18H,4,7-8H2,1-3H3. The van der Waals surface area contributed by atoms with Crippen molar-refractivity contribution in [3.63, 3.8) is 0 Å². The summed E-state index contributed by atoms with van der Waals surface area (Å²) in [5.41, 5.74) is -0.688. The molecule has 1 aromatic carbocycles. The van der Waals surface area contributed by atoms with E-state index in [0.29, 0.717) is 0 Å². The monoisotopic (exact) mass is 257 g/mol. The summed E-state index contributed by atoms with van der Waals surface area (Å²) in [4.78, 5) is 0. The van der Waals surface area contributed by atoms with Crippen LogP contribution >= 0.6 is 0 Å². The summed E-state index contributed by atoms with van der Waals surface area (Å²) in [7, 11) is 0. The molecule has 1 nitrogen and oxygen atoms in total. The van der Waals surface area contributed by atoms with E-state index in [1.54, 1.807) is 0 Å². The van der Waals surface area contributed by atoms with E-state index in [2.05, 4.69) is 5.32 Å². The number of benzene rings is 1. The van der Waals surface area contributed by atoms with Crippen molar-refractivity contribution in [2.75, 3.05) is 6.54 Å². The second-order valence-electron chi connectivity index (χ2n) is 5.91. The summed E-state index contributed by atoms with van der Waals surface area (Å²) < 4.78 is 40.5. The highest BCUT2D eigenvalue weighted by molar-refractivity contribution is 5.31. The fourth-order valence-corrected chi connectivity index (χ4v) is 2.87. The van der Waals surface area contributed by atoms with E-state index in [4.69, 9.17) is 0 Å². The van der Waals surface area contributed by atoms with E-state index < -0.39 is 23.0 Å². The van der Waals surface area contributed by atoms with Crippen LogP contribution in [-0.2, 0) is 5.54 Å². The topological polar surface area (TPSA) is 12.0 Å². The van der Waals surface area contributed by atoms with Gasteiger partial charge in [0.25, 0.3) is 0 Å². The second-order valence-corrected chi connectivity index (χ2v) is 5.91. The zero-order chi connectivity index (χ0) is 13.6. The van der Waals surface area contributed by atoms with Crippen LogP contribution < -0.4 is 5.32 Å². The van der Waals surface area contributed by atoms with Gasteiger partial charge < -0.3 is 5.32 Å². The predicted octanol–water partition coefficient (Wildman–Crippen LogP) is 3.73. The molecular weight excluding hydrogens is 239 g/mol. The SMILES string of the molecule is CC(C)(C)C1(c2ccc(F)c(F)c2F)CCCN1. The Bertz CT molecular complexity index is 457. The smallest absolute Gasteiger partial charge is 0.194 e. The van der Waals surface area contributed by atoms with Crippen LogP contribution in [0.2, 0.25) is 0 Å². The summed E-state index contributed by atoms with van der Waals surface area (Å²) in [5, 5.41) is 3.28. The molecule has 0 radical (unpaired) electrons. The van der Waals surface area contributed by atoms with Crippen molar-refractivity contribution in [2.45, 2.75) is 39.2 Å². The Kier molecular flexibility index (Phi) is 3.18. The Balaban J connectivity index is 2.61. The molecule has 1 heterocycles. The van der Waals surface area contributed by atoms with Crippen LogP contribution in [0, 0.1) is 22.9 Å². The van der Waals surface area contributed by atoms with Gasteiger partial charge in [0.05, 0.1) is 5.54 Å². The molecule has 0 amide bonds. The van der Waals surface area contributed by atoms with Gasteiger partial charge >= 0.3 is 0 Å². The van der Waals surface area contributed by atoms with Crippen LogP contribution in [0.5, 0.6) is 0 Å². The third-order valence-electron chi connectivity index (χ3n) is 3.93. The number of hydrogen-bond donors (Lipinski definition) is 1. The number of halogens is 3. The van der Waals surface area contributed by atoms with Crippen LogP contribution in [0.3, 0.4) is 0 Å². The largest absolute Gasteiger partial charge is 0.307 e. The Labute approximate surface area is 105 Å². The highest BCUT2D eigenvalue weighted by atomic mass is 19.2. The van der Waals surface area contributed by atoms with E-state index in [0.717, 1.165) is 25.5 Å². The first-order chi connectivity index (χ1) is 8.29. The van der Waals surface area contributed by atoms with E-state index in [1.807, 2.05) is 20.8 Å². The summed E-state index contributed by atoms with van der Waals surface area (Å²) in [6, 6.07) is 2.36. The Morgan fingerprint density at radius 1 is 1.11 bits per heavy atom. The van der Waals surface area contributed by atoms with Gasteiger partial charge in [-0.05, 0) is 30.9 Å². The lowest BCUT2D eigenvalue weighted by Gasteiger charge is -2.43. The minimum atomic E-state index is -1.38. The second kappa shape index (κ2) is 4.26. The van der Waals surface area contributed by atoms with Gasteiger partial charge in [0.2, 0.25) is 0 Å². The Morgan fingerprint density at radius 3 is 2.28 bits per heavy atom. The van der Waals surface area contributed by atoms with Gasteiger partial charge in [0.15, 0.2) is 17.5 Å². The van der Waals surface area contributed by atoms with Crippen molar-refractivity contribution in [3.8, 4) is 0 Å². The maximum absolute atomic E-state index is 14.0. The lowest BCUT2D eigenvalue weighted by atomic mass is 9.68. The fourth-order valence-electron chi connectivity index (χ4n) is 2.87. The number of rotatable bonds is 1. The van der Waals surface area contributed by atoms with Gasteiger partial charge in [-0.1, -0.05) is 26.8 Å². The minimum absolute atomic E-state index is 0.228. The normalized spacial score (nSPS) is 24.6. The van der Waals surface area contributed by atoms with Crippen LogP contribution in [0.4, 0.5) is 13.2 Å². The summed E-state index contributed by atoms with van der Waals surface area (Å²) in [5.74, 6) is -3.59. The molecule has 0 saturated carbocycles. The third-order valence-corrected chi connectivity index (χ3v) is 3.93. The maximum atomic E-state index is 14.0. The molecule has 1 aliphatic heterocycles. The van der Waals surface area contributed by atoms with Crippen LogP contribution in [0.1, 0.15) is 39.2 Å². The quantitative estimate of drug-likeness (QED) is 0.756. The molecule has 100 valence electrons. The van der Waals surface area contributed by atoms with Crippen LogP contribution in [0.25, 0.3) is 0 Å². The van der Waals surface area contributed by atoms with Crippen LogP contribution in [-0.4, -0.2) is 6.54 Å². The first-order valence-electron chi connectivity index (χ1n) is 6.18. The van der Waals surface area contributed by atoms with Gasteiger partial charge in [-0.2, -0.15) is 0 Å². The fraction of sp³-hybridized carbons (Fsp3) is 0.571. The average molecular weight is 257 g/mol. The minimum Gasteiger partial charge on any atom is -0.307 e. The number of nitrogens with one attached hydrogen (secondary N) is 1. The molecule has 1 atom stereocenters. The van der Waals surface area contributed by atoms with E-state index in [1.165, 1.54) is 6.07 Å². The molecule has 1 aromatic rings. The zero-order valence-corrected chi connectivity index (χ0v) is 10.9. The highest BCUT2D eigenvalue weighted by Crippen LogP contribution is 2.46. The average Bonchev–Trinajstić information content (AvgIpc) is 2.75. The molecule has 0 aliphatic carbocycles. The summed E-state index contributed by atoms with van der Waals surface area (Å²) in [6.07, 6.45) is 1.62. The van der Waals surface area contributed by atoms with Gasteiger partial charge in [0, 0.05) is 5.56 Å². The predicted molar refractivity (Wildman–Crippen MR) is 64.7 cm³/mol. The molecule has 2 rings (SSSR count). The Hall–Kier alpha value is -1.03. The molecule has 4 heteroatoms. The van der Waals surface area contributed by atoms with Crippen molar-refractivity contribution in [1.29, 1.82) is 0 Å². The van der Waals surface area contributed by atoms with E-state index in [9.17, 15) is 13.2 Å². The van der Waals surface area contributed by atoms with Gasteiger partial charge in [-0.15, -0.1) is 0 Å².